The average Bonchev–Trinajstić information content (AvgIpc) is 2.72. The molecule has 1 aliphatic heterocycles. The monoisotopic (exact) mass is 251 g/mol. The van der Waals surface area contributed by atoms with Gasteiger partial charge < -0.3 is 14.6 Å². The number of ether oxygens (including phenoxy) is 1. The second-order valence-electron chi connectivity index (χ2n) is 6.55. The summed E-state index contributed by atoms with van der Waals surface area (Å²) in [5.74, 6) is 0. The summed E-state index contributed by atoms with van der Waals surface area (Å²) in [6.45, 7) is 11.8. The highest BCUT2D eigenvalue weighted by Gasteiger charge is 2.45. The van der Waals surface area contributed by atoms with Gasteiger partial charge in [-0.05, 0) is 41.0 Å². The molecular formula is C14H25N3O. The Kier molecular flexibility index (Phi) is 3.52. The molecule has 1 aromatic heterocycles. The second kappa shape index (κ2) is 4.67. The van der Waals surface area contributed by atoms with Crippen molar-refractivity contribution in [2.45, 2.75) is 70.9 Å². The summed E-state index contributed by atoms with van der Waals surface area (Å²) in [5, 5.41) is 3.69. The van der Waals surface area contributed by atoms with Crippen molar-refractivity contribution in [1.82, 2.24) is 14.9 Å². The summed E-state index contributed by atoms with van der Waals surface area (Å²) >= 11 is 0. The molecule has 0 radical (unpaired) electrons. The molecule has 1 aliphatic rings. The van der Waals surface area contributed by atoms with Crippen molar-refractivity contribution in [2.75, 3.05) is 0 Å². The highest BCUT2D eigenvalue weighted by Crippen LogP contribution is 2.37. The van der Waals surface area contributed by atoms with Gasteiger partial charge in [-0.15, -0.1) is 0 Å². The SMILES string of the molecule is CC(Cn1ccnc1)NC1CC(C)(C)OC1(C)C. The van der Waals surface area contributed by atoms with Gasteiger partial charge in [0.1, 0.15) is 0 Å². The molecule has 1 N–H and O–H groups in total. The second-order valence-corrected chi connectivity index (χ2v) is 6.55. The van der Waals surface area contributed by atoms with Crippen molar-refractivity contribution in [2.24, 2.45) is 0 Å². The van der Waals surface area contributed by atoms with Crippen LogP contribution in [0.1, 0.15) is 41.0 Å². The van der Waals surface area contributed by atoms with Gasteiger partial charge in [-0.25, -0.2) is 4.98 Å². The van der Waals surface area contributed by atoms with Gasteiger partial charge in [0.15, 0.2) is 0 Å². The lowest BCUT2D eigenvalue weighted by atomic mass is 9.94. The zero-order valence-corrected chi connectivity index (χ0v) is 12.1. The van der Waals surface area contributed by atoms with Gasteiger partial charge in [-0.3, -0.25) is 0 Å². The molecule has 0 amide bonds. The fourth-order valence-corrected chi connectivity index (χ4v) is 2.93. The van der Waals surface area contributed by atoms with Crippen LogP contribution in [0, 0.1) is 0 Å². The van der Waals surface area contributed by atoms with Gasteiger partial charge in [0.2, 0.25) is 0 Å². The van der Waals surface area contributed by atoms with Crippen LogP contribution in [0.15, 0.2) is 18.7 Å². The third-order valence-electron chi connectivity index (χ3n) is 3.60. The molecule has 2 unspecified atom stereocenters. The Hall–Kier alpha value is -0.870. The van der Waals surface area contributed by atoms with Gasteiger partial charge in [-0.2, -0.15) is 0 Å². The minimum absolute atomic E-state index is 0.0319. The van der Waals surface area contributed by atoms with Crippen molar-refractivity contribution in [3.05, 3.63) is 18.7 Å². The van der Waals surface area contributed by atoms with Crippen molar-refractivity contribution in [1.29, 1.82) is 0 Å². The summed E-state index contributed by atoms with van der Waals surface area (Å²) in [6.07, 6.45) is 6.73. The molecule has 0 bridgehead atoms. The molecule has 0 spiro atoms. The first-order valence-electron chi connectivity index (χ1n) is 6.70. The number of nitrogens with zero attached hydrogens (tertiary/aromatic N) is 2. The zero-order valence-electron chi connectivity index (χ0n) is 12.1. The molecule has 2 rings (SSSR count). The summed E-state index contributed by atoms with van der Waals surface area (Å²) < 4.78 is 8.21. The van der Waals surface area contributed by atoms with Crippen LogP contribution < -0.4 is 5.32 Å². The van der Waals surface area contributed by atoms with E-state index in [1.165, 1.54) is 0 Å². The maximum atomic E-state index is 6.10. The molecule has 4 nitrogen and oxygen atoms in total. The standard InChI is InChI=1S/C14H25N3O/c1-11(9-17-7-6-15-10-17)16-12-8-13(2,3)18-14(12,4)5/h6-7,10-12,16H,8-9H2,1-5H3. The Morgan fingerprint density at radius 3 is 2.67 bits per heavy atom. The Bertz CT molecular complexity index is 384. The van der Waals surface area contributed by atoms with Crippen LogP contribution in [0.3, 0.4) is 0 Å². The van der Waals surface area contributed by atoms with E-state index in [1.807, 2.05) is 18.7 Å². The minimum Gasteiger partial charge on any atom is -0.368 e. The smallest absolute Gasteiger partial charge is 0.0946 e. The molecule has 0 aromatic carbocycles. The number of rotatable bonds is 4. The highest BCUT2D eigenvalue weighted by molar-refractivity contribution is 4.99. The molecule has 2 atom stereocenters. The van der Waals surface area contributed by atoms with Crippen LogP contribution in [0.2, 0.25) is 0 Å². The molecule has 2 heterocycles. The van der Waals surface area contributed by atoms with E-state index in [2.05, 4.69) is 49.5 Å². The van der Waals surface area contributed by atoms with E-state index in [0.717, 1.165) is 13.0 Å². The number of nitrogens with one attached hydrogen (secondary N) is 1. The molecule has 4 heteroatoms. The van der Waals surface area contributed by atoms with E-state index < -0.39 is 0 Å². The number of hydrogen-bond acceptors (Lipinski definition) is 3. The Morgan fingerprint density at radius 1 is 1.44 bits per heavy atom. The lowest BCUT2D eigenvalue weighted by molar-refractivity contribution is -0.0704. The molecule has 0 aliphatic carbocycles. The third kappa shape index (κ3) is 3.12. The number of aromatic nitrogens is 2. The fourth-order valence-electron chi connectivity index (χ4n) is 2.93. The summed E-state index contributed by atoms with van der Waals surface area (Å²) in [6, 6.07) is 0.798. The quantitative estimate of drug-likeness (QED) is 0.891. The van der Waals surface area contributed by atoms with Gasteiger partial charge in [0.05, 0.1) is 17.5 Å². The van der Waals surface area contributed by atoms with E-state index in [1.54, 1.807) is 0 Å². The topological polar surface area (TPSA) is 39.1 Å². The normalized spacial score (nSPS) is 27.3. The predicted octanol–water partition coefficient (Wildman–Crippen LogP) is 2.21. The molecule has 18 heavy (non-hydrogen) atoms. The molecule has 0 saturated carbocycles. The van der Waals surface area contributed by atoms with Crippen LogP contribution in [-0.2, 0) is 11.3 Å². The predicted molar refractivity (Wildman–Crippen MR) is 72.5 cm³/mol. The molecule has 1 saturated heterocycles. The molecule has 1 aromatic rings. The van der Waals surface area contributed by atoms with Crippen molar-refractivity contribution in [3.63, 3.8) is 0 Å². The molecule has 1 fully saturated rings. The van der Waals surface area contributed by atoms with Gasteiger partial charge in [-0.1, -0.05) is 0 Å². The van der Waals surface area contributed by atoms with Crippen molar-refractivity contribution < 1.29 is 4.74 Å². The lowest BCUT2D eigenvalue weighted by Crippen LogP contribution is -2.48. The first-order valence-corrected chi connectivity index (χ1v) is 6.70. The van der Waals surface area contributed by atoms with Crippen LogP contribution in [-0.4, -0.2) is 32.8 Å². The molecule has 102 valence electrons. The maximum Gasteiger partial charge on any atom is 0.0946 e. The Morgan fingerprint density at radius 2 is 2.17 bits per heavy atom. The fraction of sp³-hybridized carbons (Fsp3) is 0.786. The van der Waals surface area contributed by atoms with Crippen molar-refractivity contribution in [3.8, 4) is 0 Å². The van der Waals surface area contributed by atoms with Crippen molar-refractivity contribution >= 4 is 0 Å². The van der Waals surface area contributed by atoms with Gasteiger partial charge in [0, 0.05) is 31.0 Å². The first kappa shape index (κ1) is 13.6. The van der Waals surface area contributed by atoms with Gasteiger partial charge in [0.25, 0.3) is 0 Å². The van der Waals surface area contributed by atoms with E-state index in [-0.39, 0.29) is 11.2 Å². The Labute approximate surface area is 110 Å². The van der Waals surface area contributed by atoms with Crippen LogP contribution >= 0.6 is 0 Å². The van der Waals surface area contributed by atoms with E-state index in [4.69, 9.17) is 4.74 Å². The third-order valence-corrected chi connectivity index (χ3v) is 3.60. The zero-order chi connectivity index (χ0) is 13.4. The highest BCUT2D eigenvalue weighted by atomic mass is 16.5. The van der Waals surface area contributed by atoms with Crippen LogP contribution in [0.25, 0.3) is 0 Å². The van der Waals surface area contributed by atoms with Gasteiger partial charge >= 0.3 is 0 Å². The maximum absolute atomic E-state index is 6.10. The Balaban J connectivity index is 1.93. The van der Waals surface area contributed by atoms with E-state index in [0.29, 0.717) is 12.1 Å². The van der Waals surface area contributed by atoms with Crippen LogP contribution in [0.5, 0.6) is 0 Å². The summed E-state index contributed by atoms with van der Waals surface area (Å²) in [7, 11) is 0. The lowest BCUT2D eigenvalue weighted by Gasteiger charge is -2.30. The molecular weight excluding hydrogens is 226 g/mol. The van der Waals surface area contributed by atoms with E-state index >= 15 is 0 Å². The largest absolute Gasteiger partial charge is 0.368 e. The number of hydrogen-bond donors (Lipinski definition) is 1. The summed E-state index contributed by atoms with van der Waals surface area (Å²) in [5.41, 5.74) is -0.136. The average molecular weight is 251 g/mol. The number of imidazole rings is 1. The first-order chi connectivity index (χ1) is 8.28. The van der Waals surface area contributed by atoms with E-state index in [9.17, 15) is 0 Å². The minimum atomic E-state index is -0.104. The summed E-state index contributed by atoms with van der Waals surface area (Å²) in [4.78, 5) is 4.07. The van der Waals surface area contributed by atoms with Crippen LogP contribution in [0.4, 0.5) is 0 Å².